The molecule has 0 bridgehead atoms. The standard InChI is InChI=1S/C21H31NO4/c1-14(2)7-6-8-16(5)11-21(26)22(15(3)4)13-20(25)17-9-10-18(23)19(24)12-17/h7,9-12,15,20,23-25H,6,8,13H2,1-5H3. The zero-order valence-electron chi connectivity index (χ0n) is 16.4. The molecular formula is C21H31NO4. The first-order chi connectivity index (χ1) is 12.1. The number of hydrogen-bond acceptors (Lipinski definition) is 4. The number of aromatic hydroxyl groups is 2. The summed E-state index contributed by atoms with van der Waals surface area (Å²) in [6.45, 7) is 9.93. The fourth-order valence-electron chi connectivity index (χ4n) is 2.55. The highest BCUT2D eigenvalue weighted by Gasteiger charge is 2.20. The number of rotatable bonds is 8. The molecule has 0 heterocycles. The lowest BCUT2D eigenvalue weighted by Gasteiger charge is -2.28. The number of hydrogen-bond donors (Lipinski definition) is 3. The Kier molecular flexibility index (Phi) is 8.39. The monoisotopic (exact) mass is 361 g/mol. The smallest absolute Gasteiger partial charge is 0.246 e. The molecule has 5 heteroatoms. The predicted molar refractivity (Wildman–Crippen MR) is 104 cm³/mol. The third kappa shape index (κ3) is 6.92. The normalized spacial score (nSPS) is 12.8. The van der Waals surface area contributed by atoms with Crippen molar-refractivity contribution in [3.05, 3.63) is 47.1 Å². The molecule has 0 saturated heterocycles. The highest BCUT2D eigenvalue weighted by Crippen LogP contribution is 2.28. The Morgan fingerprint density at radius 3 is 2.35 bits per heavy atom. The summed E-state index contributed by atoms with van der Waals surface area (Å²) in [5.41, 5.74) is 2.70. The number of carbonyl (C=O) groups excluding carboxylic acids is 1. The maximum Gasteiger partial charge on any atom is 0.246 e. The van der Waals surface area contributed by atoms with Crippen molar-refractivity contribution >= 4 is 5.91 Å². The number of nitrogens with zero attached hydrogens (tertiary/aromatic N) is 1. The van der Waals surface area contributed by atoms with Crippen LogP contribution in [0.3, 0.4) is 0 Å². The second-order valence-corrected chi connectivity index (χ2v) is 7.16. The van der Waals surface area contributed by atoms with Crippen molar-refractivity contribution < 1.29 is 20.1 Å². The number of aliphatic hydroxyl groups is 1. The van der Waals surface area contributed by atoms with Gasteiger partial charge in [-0.3, -0.25) is 4.79 Å². The number of aliphatic hydroxyl groups excluding tert-OH is 1. The number of benzene rings is 1. The summed E-state index contributed by atoms with van der Waals surface area (Å²) in [5.74, 6) is -0.677. The van der Waals surface area contributed by atoms with Gasteiger partial charge in [-0.2, -0.15) is 0 Å². The van der Waals surface area contributed by atoms with E-state index in [0.717, 1.165) is 18.4 Å². The summed E-state index contributed by atoms with van der Waals surface area (Å²) >= 11 is 0. The molecule has 144 valence electrons. The molecule has 0 fully saturated rings. The van der Waals surface area contributed by atoms with Gasteiger partial charge in [-0.1, -0.05) is 23.3 Å². The van der Waals surface area contributed by atoms with E-state index in [1.807, 2.05) is 34.6 Å². The van der Waals surface area contributed by atoms with Crippen LogP contribution in [0.1, 0.15) is 59.1 Å². The lowest BCUT2D eigenvalue weighted by atomic mass is 10.1. The first-order valence-corrected chi connectivity index (χ1v) is 8.93. The molecule has 1 atom stereocenters. The largest absolute Gasteiger partial charge is 0.504 e. The molecule has 3 N–H and O–H groups in total. The molecule has 1 rings (SSSR count). The molecule has 1 aromatic rings. The lowest BCUT2D eigenvalue weighted by molar-refractivity contribution is -0.129. The van der Waals surface area contributed by atoms with Gasteiger partial charge in [0, 0.05) is 12.1 Å². The van der Waals surface area contributed by atoms with Crippen LogP contribution < -0.4 is 0 Å². The van der Waals surface area contributed by atoms with E-state index < -0.39 is 6.10 Å². The Bertz CT molecular complexity index is 673. The number of phenols is 2. The first kappa shape index (κ1) is 21.8. The van der Waals surface area contributed by atoms with Gasteiger partial charge in [0.05, 0.1) is 12.6 Å². The van der Waals surface area contributed by atoms with Gasteiger partial charge in [-0.15, -0.1) is 0 Å². The van der Waals surface area contributed by atoms with Crippen LogP contribution >= 0.6 is 0 Å². The van der Waals surface area contributed by atoms with Crippen molar-refractivity contribution in [3.63, 3.8) is 0 Å². The Morgan fingerprint density at radius 1 is 1.15 bits per heavy atom. The van der Waals surface area contributed by atoms with Crippen LogP contribution in [-0.2, 0) is 4.79 Å². The highest BCUT2D eigenvalue weighted by molar-refractivity contribution is 5.88. The fourth-order valence-corrected chi connectivity index (χ4v) is 2.55. The molecule has 1 aromatic carbocycles. The van der Waals surface area contributed by atoms with Crippen LogP contribution in [-0.4, -0.2) is 38.7 Å². The van der Waals surface area contributed by atoms with Crippen molar-refractivity contribution in [1.29, 1.82) is 0 Å². The van der Waals surface area contributed by atoms with E-state index in [2.05, 4.69) is 6.08 Å². The fraction of sp³-hybridized carbons (Fsp3) is 0.476. The Morgan fingerprint density at radius 2 is 1.81 bits per heavy atom. The van der Waals surface area contributed by atoms with E-state index in [0.29, 0.717) is 5.56 Å². The summed E-state index contributed by atoms with van der Waals surface area (Å²) in [6.07, 6.45) is 4.53. The van der Waals surface area contributed by atoms with E-state index in [1.54, 1.807) is 11.0 Å². The molecule has 0 aliphatic rings. The molecule has 1 amide bonds. The molecule has 0 aromatic heterocycles. The van der Waals surface area contributed by atoms with Crippen molar-refractivity contribution in [2.75, 3.05) is 6.54 Å². The van der Waals surface area contributed by atoms with E-state index in [-0.39, 0.29) is 30.0 Å². The molecule has 0 radical (unpaired) electrons. The molecule has 0 saturated carbocycles. The van der Waals surface area contributed by atoms with Gasteiger partial charge >= 0.3 is 0 Å². The van der Waals surface area contributed by atoms with Gasteiger partial charge in [0.15, 0.2) is 11.5 Å². The summed E-state index contributed by atoms with van der Waals surface area (Å²) in [7, 11) is 0. The van der Waals surface area contributed by atoms with E-state index in [4.69, 9.17) is 0 Å². The quantitative estimate of drug-likeness (QED) is 0.370. The molecule has 5 nitrogen and oxygen atoms in total. The summed E-state index contributed by atoms with van der Waals surface area (Å²) in [5, 5.41) is 29.4. The minimum atomic E-state index is -0.952. The number of carbonyl (C=O) groups is 1. The van der Waals surface area contributed by atoms with Gasteiger partial charge < -0.3 is 20.2 Å². The van der Waals surface area contributed by atoms with Gasteiger partial charge in [-0.05, 0) is 65.2 Å². The SMILES string of the molecule is CC(C)=CCCC(C)=CC(=O)N(CC(O)c1ccc(O)c(O)c1)C(C)C. The van der Waals surface area contributed by atoms with Gasteiger partial charge in [-0.25, -0.2) is 0 Å². The maximum absolute atomic E-state index is 12.6. The summed E-state index contributed by atoms with van der Waals surface area (Å²) in [6, 6.07) is 4.08. The highest BCUT2D eigenvalue weighted by atomic mass is 16.3. The average Bonchev–Trinajstić information content (AvgIpc) is 2.53. The summed E-state index contributed by atoms with van der Waals surface area (Å²) < 4.78 is 0. The van der Waals surface area contributed by atoms with Crippen LogP contribution in [0.15, 0.2) is 41.5 Å². The van der Waals surface area contributed by atoms with E-state index in [9.17, 15) is 20.1 Å². The average molecular weight is 361 g/mol. The minimum absolute atomic E-state index is 0.0790. The molecule has 0 aliphatic heterocycles. The zero-order chi connectivity index (χ0) is 19.9. The molecule has 26 heavy (non-hydrogen) atoms. The third-order valence-corrected chi connectivity index (χ3v) is 4.12. The third-order valence-electron chi connectivity index (χ3n) is 4.12. The van der Waals surface area contributed by atoms with Gasteiger partial charge in [0.25, 0.3) is 0 Å². The second kappa shape index (κ2) is 10.0. The molecule has 0 spiro atoms. The predicted octanol–water partition coefficient (Wildman–Crippen LogP) is 4.06. The van der Waals surface area contributed by atoms with Crippen LogP contribution in [0, 0.1) is 0 Å². The van der Waals surface area contributed by atoms with Crippen molar-refractivity contribution in [2.24, 2.45) is 0 Å². The van der Waals surface area contributed by atoms with E-state index >= 15 is 0 Å². The number of phenolic OH excluding ortho intramolecular Hbond substituents is 2. The van der Waals surface area contributed by atoms with Gasteiger partial charge in [0.1, 0.15) is 0 Å². The first-order valence-electron chi connectivity index (χ1n) is 8.93. The second-order valence-electron chi connectivity index (χ2n) is 7.16. The van der Waals surface area contributed by atoms with Crippen LogP contribution in [0.5, 0.6) is 11.5 Å². The van der Waals surface area contributed by atoms with Crippen LogP contribution in [0.2, 0.25) is 0 Å². The molecular weight excluding hydrogens is 330 g/mol. The van der Waals surface area contributed by atoms with Crippen LogP contribution in [0.4, 0.5) is 0 Å². The topological polar surface area (TPSA) is 81.0 Å². The minimum Gasteiger partial charge on any atom is -0.504 e. The maximum atomic E-state index is 12.6. The Balaban J connectivity index is 2.82. The van der Waals surface area contributed by atoms with Crippen molar-refractivity contribution in [3.8, 4) is 11.5 Å². The number of allylic oxidation sites excluding steroid dienone is 3. The Hall–Kier alpha value is -2.27. The number of amides is 1. The zero-order valence-corrected chi connectivity index (χ0v) is 16.4. The van der Waals surface area contributed by atoms with Crippen molar-refractivity contribution in [2.45, 2.75) is 59.6 Å². The summed E-state index contributed by atoms with van der Waals surface area (Å²) in [4.78, 5) is 14.2. The van der Waals surface area contributed by atoms with Crippen molar-refractivity contribution in [1.82, 2.24) is 4.90 Å². The molecule has 1 unspecified atom stereocenters. The van der Waals surface area contributed by atoms with E-state index in [1.165, 1.54) is 23.8 Å². The molecule has 0 aliphatic carbocycles. The van der Waals surface area contributed by atoms with Gasteiger partial charge in [0.2, 0.25) is 5.91 Å². The Labute approximate surface area is 156 Å². The van der Waals surface area contributed by atoms with Crippen LogP contribution in [0.25, 0.3) is 0 Å². The lowest BCUT2D eigenvalue weighted by Crippen LogP contribution is -2.39.